The first kappa shape index (κ1) is 19.4. The zero-order valence-corrected chi connectivity index (χ0v) is 15.8. The molecular formula is C19H18N4O4S. The van der Waals surface area contributed by atoms with E-state index in [0.717, 1.165) is 5.56 Å². The van der Waals surface area contributed by atoms with Gasteiger partial charge in [-0.15, -0.1) is 5.10 Å². The number of aliphatic carboxylic acids is 1. The molecule has 3 N–H and O–H groups in total. The molecule has 144 valence electrons. The minimum atomic E-state index is -0.896. The van der Waals surface area contributed by atoms with Crippen LogP contribution in [-0.2, 0) is 16.0 Å². The van der Waals surface area contributed by atoms with Crippen LogP contribution in [0.3, 0.4) is 0 Å². The van der Waals surface area contributed by atoms with Gasteiger partial charge in [-0.3, -0.25) is 14.7 Å². The highest BCUT2D eigenvalue weighted by Gasteiger charge is 2.12. The van der Waals surface area contributed by atoms with Crippen LogP contribution >= 0.6 is 11.8 Å². The molecule has 0 spiro atoms. The lowest BCUT2D eigenvalue weighted by Crippen LogP contribution is -2.14. The number of nitrogens with zero attached hydrogens (tertiary/aromatic N) is 2. The van der Waals surface area contributed by atoms with Gasteiger partial charge in [0.1, 0.15) is 5.75 Å². The maximum absolute atomic E-state index is 12.1. The number of H-pyrrole nitrogens is 1. The highest BCUT2D eigenvalue weighted by molar-refractivity contribution is 7.99. The molecule has 0 saturated heterocycles. The Morgan fingerprint density at radius 2 is 1.93 bits per heavy atom. The summed E-state index contributed by atoms with van der Waals surface area (Å²) in [7, 11) is 1.59. The van der Waals surface area contributed by atoms with Crippen molar-refractivity contribution in [1.29, 1.82) is 0 Å². The molecule has 8 nitrogen and oxygen atoms in total. The molecule has 0 radical (unpaired) electrons. The maximum atomic E-state index is 12.1. The number of anilines is 1. The molecule has 1 amide bonds. The number of benzene rings is 2. The molecule has 9 heteroatoms. The number of ether oxygens (including phenoxy) is 1. The number of methoxy groups -OCH3 is 1. The van der Waals surface area contributed by atoms with Gasteiger partial charge in [0.05, 0.1) is 24.8 Å². The van der Waals surface area contributed by atoms with Gasteiger partial charge in [-0.1, -0.05) is 36.0 Å². The molecule has 0 atom stereocenters. The van der Waals surface area contributed by atoms with E-state index in [1.54, 1.807) is 31.4 Å². The third-order valence-corrected chi connectivity index (χ3v) is 4.60. The Balaban J connectivity index is 1.55. The molecule has 0 aliphatic heterocycles. The number of hydrogen-bond acceptors (Lipinski definition) is 6. The van der Waals surface area contributed by atoms with E-state index in [4.69, 9.17) is 9.84 Å². The Morgan fingerprint density at radius 3 is 2.64 bits per heavy atom. The molecular weight excluding hydrogens is 380 g/mol. The fourth-order valence-electron chi connectivity index (χ4n) is 2.48. The molecule has 0 aliphatic carbocycles. The van der Waals surface area contributed by atoms with E-state index in [2.05, 4.69) is 20.5 Å². The summed E-state index contributed by atoms with van der Waals surface area (Å²) >= 11 is 1.20. The molecule has 0 saturated carbocycles. The van der Waals surface area contributed by atoms with Crippen molar-refractivity contribution >= 4 is 29.3 Å². The first-order valence-corrected chi connectivity index (χ1v) is 9.33. The molecule has 0 fully saturated rings. The molecule has 0 aliphatic rings. The number of nitrogens with one attached hydrogen (secondary N) is 2. The van der Waals surface area contributed by atoms with Crippen molar-refractivity contribution < 1.29 is 19.4 Å². The predicted octanol–water partition coefficient (Wildman–Crippen LogP) is 2.84. The lowest BCUT2D eigenvalue weighted by Gasteiger charge is -2.05. The highest BCUT2D eigenvalue weighted by Crippen LogP contribution is 2.27. The number of rotatable bonds is 8. The van der Waals surface area contributed by atoms with Crippen LogP contribution in [0.5, 0.6) is 5.75 Å². The average Bonchev–Trinajstić information content (AvgIpc) is 3.16. The second kappa shape index (κ2) is 9.05. The van der Waals surface area contributed by atoms with Gasteiger partial charge in [0.25, 0.3) is 0 Å². The molecule has 28 heavy (non-hydrogen) atoms. The summed E-state index contributed by atoms with van der Waals surface area (Å²) in [4.78, 5) is 27.2. The van der Waals surface area contributed by atoms with Gasteiger partial charge in [-0.2, -0.15) is 0 Å². The Kier molecular flexibility index (Phi) is 6.28. The SMILES string of the molecule is COc1ccccc1-c1nc(SCC(=O)Nc2ccc(CC(=O)O)cc2)n[nH]1. The normalized spacial score (nSPS) is 10.5. The van der Waals surface area contributed by atoms with Gasteiger partial charge < -0.3 is 15.2 Å². The topological polar surface area (TPSA) is 117 Å². The third kappa shape index (κ3) is 5.10. The summed E-state index contributed by atoms with van der Waals surface area (Å²) in [5.41, 5.74) is 2.06. The summed E-state index contributed by atoms with van der Waals surface area (Å²) in [5.74, 6) is 0.278. The van der Waals surface area contributed by atoms with Gasteiger partial charge >= 0.3 is 5.97 Å². The largest absolute Gasteiger partial charge is 0.496 e. The van der Waals surface area contributed by atoms with E-state index >= 15 is 0 Å². The lowest BCUT2D eigenvalue weighted by atomic mass is 10.1. The van der Waals surface area contributed by atoms with E-state index in [1.807, 2.05) is 24.3 Å². The molecule has 1 aromatic heterocycles. The number of amides is 1. The second-order valence-corrected chi connectivity index (χ2v) is 6.71. The zero-order valence-electron chi connectivity index (χ0n) is 15.0. The van der Waals surface area contributed by atoms with E-state index in [1.165, 1.54) is 11.8 Å². The van der Waals surface area contributed by atoms with E-state index < -0.39 is 5.97 Å². The number of carboxylic acid groups (broad SMARTS) is 1. The van der Waals surface area contributed by atoms with Gasteiger partial charge in [0, 0.05) is 5.69 Å². The molecule has 2 aromatic carbocycles. The highest BCUT2D eigenvalue weighted by atomic mass is 32.2. The molecule has 0 unspecified atom stereocenters. The summed E-state index contributed by atoms with van der Waals surface area (Å²) < 4.78 is 5.31. The third-order valence-electron chi connectivity index (χ3n) is 3.75. The number of aromatic amines is 1. The van der Waals surface area contributed by atoms with Gasteiger partial charge in [0.2, 0.25) is 11.1 Å². The van der Waals surface area contributed by atoms with Gasteiger partial charge in [-0.05, 0) is 29.8 Å². The lowest BCUT2D eigenvalue weighted by molar-refractivity contribution is -0.136. The number of carbonyl (C=O) groups is 2. The minimum Gasteiger partial charge on any atom is -0.496 e. The van der Waals surface area contributed by atoms with Gasteiger partial charge in [0.15, 0.2) is 5.82 Å². The monoisotopic (exact) mass is 398 g/mol. The van der Waals surface area contributed by atoms with Crippen molar-refractivity contribution in [1.82, 2.24) is 15.2 Å². The summed E-state index contributed by atoms with van der Waals surface area (Å²) in [6.45, 7) is 0. The number of para-hydroxylation sites is 1. The van der Waals surface area contributed by atoms with Crippen LogP contribution in [0.1, 0.15) is 5.56 Å². The number of carbonyl (C=O) groups excluding carboxylic acids is 1. The maximum Gasteiger partial charge on any atom is 0.307 e. The predicted molar refractivity (Wildman–Crippen MR) is 106 cm³/mol. The van der Waals surface area contributed by atoms with Crippen molar-refractivity contribution in [2.45, 2.75) is 11.6 Å². The quantitative estimate of drug-likeness (QED) is 0.500. The zero-order chi connectivity index (χ0) is 19.9. The van der Waals surface area contributed by atoms with Crippen molar-refractivity contribution in [3.05, 3.63) is 54.1 Å². The summed E-state index contributed by atoms with van der Waals surface area (Å²) in [6.07, 6.45) is -0.0521. The van der Waals surface area contributed by atoms with Crippen molar-refractivity contribution in [2.24, 2.45) is 0 Å². The number of thioether (sulfide) groups is 1. The van der Waals surface area contributed by atoms with E-state index in [-0.39, 0.29) is 18.1 Å². The van der Waals surface area contributed by atoms with Crippen LogP contribution in [0, 0.1) is 0 Å². The summed E-state index contributed by atoms with van der Waals surface area (Å²) in [5, 5.41) is 19.0. The smallest absolute Gasteiger partial charge is 0.307 e. The van der Waals surface area contributed by atoms with Crippen LogP contribution in [0.25, 0.3) is 11.4 Å². The summed E-state index contributed by atoms with van der Waals surface area (Å²) in [6, 6.07) is 14.1. The number of carboxylic acids is 1. The molecule has 1 heterocycles. The van der Waals surface area contributed by atoms with Crippen LogP contribution < -0.4 is 10.1 Å². The molecule has 3 rings (SSSR count). The van der Waals surface area contributed by atoms with Crippen LogP contribution in [0.15, 0.2) is 53.7 Å². The Bertz CT molecular complexity index is 972. The number of aromatic nitrogens is 3. The fourth-order valence-corrected chi connectivity index (χ4v) is 3.08. The van der Waals surface area contributed by atoms with E-state index in [9.17, 15) is 9.59 Å². The van der Waals surface area contributed by atoms with Crippen molar-refractivity contribution in [3.8, 4) is 17.1 Å². The average molecular weight is 398 g/mol. The minimum absolute atomic E-state index is 0.0521. The van der Waals surface area contributed by atoms with Crippen molar-refractivity contribution in [2.75, 3.05) is 18.2 Å². The molecule has 0 bridgehead atoms. The Hall–Kier alpha value is -3.33. The van der Waals surface area contributed by atoms with Crippen LogP contribution in [0.4, 0.5) is 5.69 Å². The Morgan fingerprint density at radius 1 is 1.18 bits per heavy atom. The van der Waals surface area contributed by atoms with Crippen molar-refractivity contribution in [3.63, 3.8) is 0 Å². The standard InChI is InChI=1S/C19H18N4O4S/c1-27-15-5-3-2-4-14(15)18-21-19(23-22-18)28-11-16(24)20-13-8-6-12(7-9-13)10-17(25)26/h2-9H,10-11H2,1H3,(H,20,24)(H,25,26)(H,21,22,23). The first-order chi connectivity index (χ1) is 13.5. The molecule has 3 aromatic rings. The fraction of sp³-hybridized carbons (Fsp3) is 0.158. The number of hydrogen-bond donors (Lipinski definition) is 3. The van der Waals surface area contributed by atoms with Gasteiger partial charge in [-0.25, -0.2) is 4.98 Å². The van der Waals surface area contributed by atoms with Crippen LogP contribution in [-0.4, -0.2) is 45.0 Å². The Labute approximate surface area is 165 Å². The second-order valence-electron chi connectivity index (χ2n) is 5.77. The van der Waals surface area contributed by atoms with Crippen LogP contribution in [0.2, 0.25) is 0 Å². The van der Waals surface area contributed by atoms with E-state index in [0.29, 0.717) is 28.0 Å². The first-order valence-electron chi connectivity index (χ1n) is 8.34.